The van der Waals surface area contributed by atoms with E-state index in [4.69, 9.17) is 5.73 Å². The summed E-state index contributed by atoms with van der Waals surface area (Å²) in [6.45, 7) is 3.75. The van der Waals surface area contributed by atoms with Gasteiger partial charge in [-0.2, -0.15) is 0 Å². The Bertz CT molecular complexity index is 585. The van der Waals surface area contributed by atoms with Crippen molar-refractivity contribution in [1.82, 2.24) is 5.32 Å². The maximum Gasteiger partial charge on any atom is 0.248 e. The summed E-state index contributed by atoms with van der Waals surface area (Å²) in [5, 5.41) is 3.34. The van der Waals surface area contributed by atoms with Gasteiger partial charge in [-0.25, -0.2) is 0 Å². The van der Waals surface area contributed by atoms with Gasteiger partial charge in [-0.05, 0) is 55.8 Å². The number of Topliss-reactive ketones (excluding diaryl/α,β-unsaturated/α-hetero) is 1. The lowest BCUT2D eigenvalue weighted by atomic mass is 9.76. The van der Waals surface area contributed by atoms with E-state index in [0.29, 0.717) is 11.5 Å². The number of hydrogen-bond donors (Lipinski definition) is 2. The number of rotatable bonds is 4. The molecule has 0 bridgehead atoms. The Morgan fingerprint density at radius 1 is 1.19 bits per heavy atom. The van der Waals surface area contributed by atoms with E-state index in [-0.39, 0.29) is 11.7 Å². The van der Waals surface area contributed by atoms with Gasteiger partial charge in [0.05, 0.1) is 0 Å². The van der Waals surface area contributed by atoms with Gasteiger partial charge in [0.25, 0.3) is 0 Å². The SMILES string of the molecule is Cc1c(C(N)=O)ccc(C(=O)C2CCC2)c1C1CCNC1. The minimum atomic E-state index is -0.414. The van der Waals surface area contributed by atoms with Gasteiger partial charge in [0.15, 0.2) is 5.78 Å². The molecule has 1 saturated heterocycles. The molecule has 2 aliphatic rings. The molecule has 3 rings (SSSR count). The number of ketones is 1. The number of amides is 1. The number of hydrogen-bond acceptors (Lipinski definition) is 3. The molecule has 0 aromatic heterocycles. The van der Waals surface area contributed by atoms with Crippen molar-refractivity contribution >= 4 is 11.7 Å². The fourth-order valence-corrected chi connectivity index (χ4v) is 3.53. The lowest BCUT2D eigenvalue weighted by molar-refractivity contribution is 0.0852. The van der Waals surface area contributed by atoms with E-state index in [1.54, 1.807) is 6.07 Å². The van der Waals surface area contributed by atoms with Gasteiger partial charge in [0, 0.05) is 23.6 Å². The molecule has 1 atom stereocenters. The first-order valence-electron chi connectivity index (χ1n) is 7.78. The molecule has 1 heterocycles. The quantitative estimate of drug-likeness (QED) is 0.833. The highest BCUT2D eigenvalue weighted by molar-refractivity contribution is 6.02. The van der Waals surface area contributed by atoms with E-state index in [1.807, 2.05) is 13.0 Å². The molecule has 2 fully saturated rings. The van der Waals surface area contributed by atoms with Gasteiger partial charge in [0.2, 0.25) is 5.91 Å². The zero-order valence-electron chi connectivity index (χ0n) is 12.4. The summed E-state index contributed by atoms with van der Waals surface area (Å²) < 4.78 is 0. The Labute approximate surface area is 125 Å². The predicted octanol–water partition coefficient (Wildman–Crippen LogP) is 2.15. The first-order chi connectivity index (χ1) is 10.1. The predicted molar refractivity (Wildman–Crippen MR) is 81.6 cm³/mol. The number of benzene rings is 1. The molecule has 1 saturated carbocycles. The van der Waals surface area contributed by atoms with E-state index in [0.717, 1.165) is 55.5 Å². The Morgan fingerprint density at radius 2 is 1.90 bits per heavy atom. The minimum absolute atomic E-state index is 0.178. The Kier molecular flexibility index (Phi) is 3.81. The molecule has 4 nitrogen and oxygen atoms in total. The van der Waals surface area contributed by atoms with Gasteiger partial charge in [-0.3, -0.25) is 9.59 Å². The molecule has 1 amide bonds. The number of nitrogens with one attached hydrogen (secondary N) is 1. The highest BCUT2D eigenvalue weighted by atomic mass is 16.1. The molecular weight excluding hydrogens is 264 g/mol. The second kappa shape index (κ2) is 5.60. The van der Waals surface area contributed by atoms with Gasteiger partial charge >= 0.3 is 0 Å². The van der Waals surface area contributed by atoms with Crippen LogP contribution >= 0.6 is 0 Å². The monoisotopic (exact) mass is 286 g/mol. The van der Waals surface area contributed by atoms with Gasteiger partial charge in [-0.1, -0.05) is 12.5 Å². The van der Waals surface area contributed by atoms with E-state index in [9.17, 15) is 9.59 Å². The van der Waals surface area contributed by atoms with Gasteiger partial charge in [0.1, 0.15) is 0 Å². The number of carbonyl (C=O) groups is 2. The maximum absolute atomic E-state index is 12.7. The van der Waals surface area contributed by atoms with Crippen LogP contribution in [0.25, 0.3) is 0 Å². The highest BCUT2D eigenvalue weighted by Crippen LogP contribution is 2.36. The second-order valence-corrected chi connectivity index (χ2v) is 6.25. The summed E-state index contributed by atoms with van der Waals surface area (Å²) in [6.07, 6.45) is 4.15. The zero-order valence-corrected chi connectivity index (χ0v) is 12.4. The standard InChI is InChI=1S/C17H22N2O2/c1-10-13(17(18)21)5-6-14(16(20)11-3-2-4-11)15(10)12-7-8-19-9-12/h5-6,11-12,19H,2-4,7-9H2,1H3,(H2,18,21). The summed E-state index contributed by atoms with van der Waals surface area (Å²) in [6, 6.07) is 3.54. The van der Waals surface area contributed by atoms with E-state index < -0.39 is 5.91 Å². The van der Waals surface area contributed by atoms with Crippen molar-refractivity contribution in [3.8, 4) is 0 Å². The van der Waals surface area contributed by atoms with E-state index >= 15 is 0 Å². The normalized spacial score (nSPS) is 22.0. The number of primary amides is 1. The smallest absolute Gasteiger partial charge is 0.248 e. The van der Waals surface area contributed by atoms with Crippen LogP contribution in [0.4, 0.5) is 0 Å². The Balaban J connectivity index is 2.07. The largest absolute Gasteiger partial charge is 0.366 e. The molecule has 0 radical (unpaired) electrons. The molecule has 112 valence electrons. The molecular formula is C17H22N2O2. The van der Waals surface area contributed by atoms with Crippen LogP contribution < -0.4 is 11.1 Å². The second-order valence-electron chi connectivity index (χ2n) is 6.25. The number of carbonyl (C=O) groups excluding carboxylic acids is 2. The van der Waals surface area contributed by atoms with Crippen molar-refractivity contribution in [2.75, 3.05) is 13.1 Å². The van der Waals surface area contributed by atoms with Crippen molar-refractivity contribution in [3.63, 3.8) is 0 Å². The fraction of sp³-hybridized carbons (Fsp3) is 0.529. The Morgan fingerprint density at radius 3 is 2.43 bits per heavy atom. The third-order valence-corrected chi connectivity index (χ3v) is 4.99. The van der Waals surface area contributed by atoms with Crippen LogP contribution in [0.15, 0.2) is 12.1 Å². The first-order valence-corrected chi connectivity index (χ1v) is 7.78. The van der Waals surface area contributed by atoms with Crippen LogP contribution in [0, 0.1) is 12.8 Å². The van der Waals surface area contributed by atoms with Crippen LogP contribution in [0.5, 0.6) is 0 Å². The van der Waals surface area contributed by atoms with Gasteiger partial charge in [-0.15, -0.1) is 0 Å². The lowest BCUT2D eigenvalue weighted by Gasteiger charge is -2.27. The molecule has 1 aliphatic heterocycles. The summed E-state index contributed by atoms with van der Waals surface area (Å²) >= 11 is 0. The molecule has 1 unspecified atom stereocenters. The molecule has 4 heteroatoms. The molecule has 3 N–H and O–H groups in total. The van der Waals surface area contributed by atoms with Crippen LogP contribution in [0.2, 0.25) is 0 Å². The summed E-state index contributed by atoms with van der Waals surface area (Å²) in [4.78, 5) is 24.3. The van der Waals surface area contributed by atoms with Crippen LogP contribution in [-0.4, -0.2) is 24.8 Å². The third kappa shape index (κ3) is 2.48. The van der Waals surface area contributed by atoms with Crippen LogP contribution in [0.1, 0.15) is 63.4 Å². The first kappa shape index (κ1) is 14.3. The average Bonchev–Trinajstić information content (AvgIpc) is 2.89. The summed E-state index contributed by atoms with van der Waals surface area (Å²) in [5.41, 5.74) is 8.76. The molecule has 1 aromatic rings. The van der Waals surface area contributed by atoms with Crippen LogP contribution in [-0.2, 0) is 0 Å². The lowest BCUT2D eigenvalue weighted by Crippen LogP contribution is -2.25. The number of nitrogens with two attached hydrogens (primary N) is 1. The molecule has 21 heavy (non-hydrogen) atoms. The third-order valence-electron chi connectivity index (χ3n) is 4.99. The van der Waals surface area contributed by atoms with Crippen molar-refractivity contribution in [3.05, 3.63) is 34.4 Å². The zero-order chi connectivity index (χ0) is 15.0. The van der Waals surface area contributed by atoms with Crippen molar-refractivity contribution < 1.29 is 9.59 Å². The highest BCUT2D eigenvalue weighted by Gasteiger charge is 2.31. The average molecular weight is 286 g/mol. The van der Waals surface area contributed by atoms with Crippen molar-refractivity contribution in [1.29, 1.82) is 0 Å². The van der Waals surface area contributed by atoms with Gasteiger partial charge < -0.3 is 11.1 Å². The summed E-state index contributed by atoms with van der Waals surface area (Å²) in [7, 11) is 0. The topological polar surface area (TPSA) is 72.2 Å². The van der Waals surface area contributed by atoms with Crippen molar-refractivity contribution in [2.24, 2.45) is 11.7 Å². The minimum Gasteiger partial charge on any atom is -0.366 e. The van der Waals surface area contributed by atoms with Crippen LogP contribution in [0.3, 0.4) is 0 Å². The maximum atomic E-state index is 12.7. The Hall–Kier alpha value is -1.68. The molecule has 0 spiro atoms. The van der Waals surface area contributed by atoms with E-state index in [1.165, 1.54) is 0 Å². The fourth-order valence-electron chi connectivity index (χ4n) is 3.53. The molecule has 1 aromatic carbocycles. The van der Waals surface area contributed by atoms with E-state index in [2.05, 4.69) is 5.32 Å². The summed E-state index contributed by atoms with van der Waals surface area (Å²) in [5.74, 6) is 0.324. The van der Waals surface area contributed by atoms with Crippen molar-refractivity contribution in [2.45, 2.75) is 38.5 Å². The molecule has 1 aliphatic carbocycles.